The van der Waals surface area contributed by atoms with E-state index in [1.54, 1.807) is 7.05 Å². The number of nitrogens with one attached hydrogen (secondary N) is 1. The summed E-state index contributed by atoms with van der Waals surface area (Å²) in [5.41, 5.74) is 6.51. The summed E-state index contributed by atoms with van der Waals surface area (Å²) < 4.78 is 7.09. The number of aromatic nitrogens is 2. The largest absolute Gasteiger partial charge is 0.396 e. The van der Waals surface area contributed by atoms with E-state index in [2.05, 4.69) is 10.4 Å². The van der Waals surface area contributed by atoms with Gasteiger partial charge in [0, 0.05) is 20.2 Å². The molecule has 6 heteroatoms. The Kier molecular flexibility index (Phi) is 4.19. The zero-order chi connectivity index (χ0) is 13.0. The van der Waals surface area contributed by atoms with Gasteiger partial charge < -0.3 is 15.8 Å². The average molecular weight is 252 g/mol. The van der Waals surface area contributed by atoms with Crippen LogP contribution < -0.4 is 11.1 Å². The minimum Gasteiger partial charge on any atom is -0.396 e. The molecule has 1 aliphatic heterocycles. The zero-order valence-corrected chi connectivity index (χ0v) is 10.7. The molecule has 2 heterocycles. The van der Waals surface area contributed by atoms with Crippen molar-refractivity contribution in [3.05, 3.63) is 11.9 Å². The van der Waals surface area contributed by atoms with Crippen molar-refractivity contribution in [2.24, 2.45) is 7.05 Å². The van der Waals surface area contributed by atoms with Gasteiger partial charge in [0.05, 0.1) is 18.0 Å². The smallest absolute Gasteiger partial charge is 0.271 e. The Morgan fingerprint density at radius 1 is 1.67 bits per heavy atom. The molecule has 100 valence electrons. The summed E-state index contributed by atoms with van der Waals surface area (Å²) in [6.07, 6.45) is 6.07. The Balaban J connectivity index is 1.78. The highest BCUT2D eigenvalue weighted by Crippen LogP contribution is 2.15. The van der Waals surface area contributed by atoms with Gasteiger partial charge in [-0.3, -0.25) is 9.48 Å². The number of nitrogens with zero attached hydrogens (tertiary/aromatic N) is 2. The number of nitrogen functional groups attached to an aromatic ring is 1. The predicted octanol–water partition coefficient (Wildman–Crippen LogP) is 0.691. The fourth-order valence-electron chi connectivity index (χ4n) is 2.20. The minimum atomic E-state index is -0.177. The van der Waals surface area contributed by atoms with E-state index in [0.717, 1.165) is 25.9 Å². The van der Waals surface area contributed by atoms with Gasteiger partial charge in [-0.1, -0.05) is 0 Å². The van der Waals surface area contributed by atoms with Crippen molar-refractivity contribution in [1.29, 1.82) is 0 Å². The molecule has 2 rings (SSSR count). The molecular weight excluding hydrogens is 232 g/mol. The molecule has 0 radical (unpaired) electrons. The summed E-state index contributed by atoms with van der Waals surface area (Å²) in [7, 11) is 1.70. The fourth-order valence-corrected chi connectivity index (χ4v) is 2.20. The average Bonchev–Trinajstić information content (AvgIpc) is 2.70. The summed E-state index contributed by atoms with van der Waals surface area (Å²) >= 11 is 0. The van der Waals surface area contributed by atoms with Crippen LogP contribution in [0.2, 0.25) is 0 Å². The molecule has 1 aromatic rings. The van der Waals surface area contributed by atoms with Crippen LogP contribution in [-0.4, -0.2) is 34.9 Å². The first kappa shape index (κ1) is 12.9. The molecule has 1 unspecified atom stereocenters. The zero-order valence-electron chi connectivity index (χ0n) is 10.7. The number of amides is 1. The van der Waals surface area contributed by atoms with E-state index in [0.29, 0.717) is 17.9 Å². The van der Waals surface area contributed by atoms with Crippen molar-refractivity contribution in [3.8, 4) is 0 Å². The lowest BCUT2D eigenvalue weighted by Gasteiger charge is -2.22. The van der Waals surface area contributed by atoms with Gasteiger partial charge in [-0.25, -0.2) is 0 Å². The first-order valence-corrected chi connectivity index (χ1v) is 6.35. The molecule has 0 aliphatic carbocycles. The van der Waals surface area contributed by atoms with Gasteiger partial charge in [-0.05, 0) is 25.7 Å². The van der Waals surface area contributed by atoms with Gasteiger partial charge in [0.1, 0.15) is 5.69 Å². The molecular formula is C12H20N4O2. The van der Waals surface area contributed by atoms with Crippen LogP contribution in [0.5, 0.6) is 0 Å². The monoisotopic (exact) mass is 252 g/mol. The third-order valence-electron chi connectivity index (χ3n) is 3.21. The first-order chi connectivity index (χ1) is 8.68. The van der Waals surface area contributed by atoms with E-state index in [1.807, 2.05) is 0 Å². The quantitative estimate of drug-likeness (QED) is 0.826. The van der Waals surface area contributed by atoms with Gasteiger partial charge in [-0.2, -0.15) is 5.10 Å². The van der Waals surface area contributed by atoms with Gasteiger partial charge in [0.15, 0.2) is 0 Å². The Labute approximate surface area is 106 Å². The van der Waals surface area contributed by atoms with Crippen LogP contribution in [-0.2, 0) is 11.8 Å². The second-order valence-corrected chi connectivity index (χ2v) is 4.61. The van der Waals surface area contributed by atoms with E-state index in [-0.39, 0.29) is 12.0 Å². The molecule has 1 amide bonds. The normalized spacial score (nSPS) is 19.7. The Morgan fingerprint density at radius 2 is 2.50 bits per heavy atom. The molecule has 1 aliphatic rings. The van der Waals surface area contributed by atoms with Crippen molar-refractivity contribution in [2.45, 2.75) is 31.8 Å². The number of rotatable bonds is 4. The maximum absolute atomic E-state index is 11.9. The van der Waals surface area contributed by atoms with Gasteiger partial charge in [0.2, 0.25) is 0 Å². The highest BCUT2D eigenvalue weighted by molar-refractivity contribution is 5.97. The summed E-state index contributed by atoms with van der Waals surface area (Å²) in [6, 6.07) is 0. The number of ether oxygens (including phenoxy) is 1. The fraction of sp³-hybridized carbons (Fsp3) is 0.667. The highest BCUT2D eigenvalue weighted by atomic mass is 16.5. The predicted molar refractivity (Wildman–Crippen MR) is 68.2 cm³/mol. The van der Waals surface area contributed by atoms with Crippen LogP contribution in [0.15, 0.2) is 6.20 Å². The van der Waals surface area contributed by atoms with Gasteiger partial charge in [0.25, 0.3) is 5.91 Å². The molecule has 18 heavy (non-hydrogen) atoms. The summed E-state index contributed by atoms with van der Waals surface area (Å²) in [5.74, 6) is -0.177. The van der Waals surface area contributed by atoms with E-state index in [1.165, 1.54) is 17.3 Å². The van der Waals surface area contributed by atoms with Gasteiger partial charge >= 0.3 is 0 Å². The molecule has 0 bridgehead atoms. The molecule has 1 saturated heterocycles. The van der Waals surface area contributed by atoms with Crippen LogP contribution >= 0.6 is 0 Å². The molecule has 6 nitrogen and oxygen atoms in total. The molecule has 1 aromatic heterocycles. The second kappa shape index (κ2) is 5.86. The van der Waals surface area contributed by atoms with Gasteiger partial charge in [-0.15, -0.1) is 0 Å². The Bertz CT molecular complexity index is 391. The van der Waals surface area contributed by atoms with E-state index in [9.17, 15) is 4.79 Å². The lowest BCUT2D eigenvalue weighted by molar-refractivity contribution is 0.0117. The topological polar surface area (TPSA) is 82.2 Å². The van der Waals surface area contributed by atoms with E-state index < -0.39 is 0 Å². The molecule has 3 N–H and O–H groups in total. The van der Waals surface area contributed by atoms with Crippen LogP contribution in [0, 0.1) is 0 Å². The number of hydrogen-bond acceptors (Lipinski definition) is 4. The van der Waals surface area contributed by atoms with Crippen LogP contribution in [0.4, 0.5) is 5.69 Å². The highest BCUT2D eigenvalue weighted by Gasteiger charge is 2.16. The Morgan fingerprint density at radius 3 is 3.11 bits per heavy atom. The minimum absolute atomic E-state index is 0.177. The lowest BCUT2D eigenvalue weighted by atomic mass is 10.1. The maximum Gasteiger partial charge on any atom is 0.271 e. The molecule has 0 aromatic carbocycles. The molecule has 0 spiro atoms. The van der Waals surface area contributed by atoms with Crippen molar-refractivity contribution in [2.75, 3.05) is 18.9 Å². The van der Waals surface area contributed by atoms with Crippen LogP contribution in [0.3, 0.4) is 0 Å². The molecule has 0 saturated carbocycles. The summed E-state index contributed by atoms with van der Waals surface area (Å²) in [4.78, 5) is 11.9. The number of carbonyl (C=O) groups excluding carboxylic acids is 1. The van der Waals surface area contributed by atoms with Crippen molar-refractivity contribution in [3.63, 3.8) is 0 Å². The SMILES string of the molecule is Cn1ncc(N)c1C(=O)NCCC1CCCCO1. The number of aryl methyl sites for hydroxylation is 1. The molecule has 1 fully saturated rings. The standard InChI is InChI=1S/C12H20N4O2/c1-16-11(10(13)8-15-16)12(17)14-6-5-9-4-2-3-7-18-9/h8-9H,2-7,13H2,1H3,(H,14,17). The number of hydrogen-bond donors (Lipinski definition) is 2. The third-order valence-corrected chi connectivity index (χ3v) is 3.21. The van der Waals surface area contributed by atoms with Crippen molar-refractivity contribution < 1.29 is 9.53 Å². The lowest BCUT2D eigenvalue weighted by Crippen LogP contribution is -2.31. The van der Waals surface area contributed by atoms with E-state index in [4.69, 9.17) is 10.5 Å². The number of carbonyl (C=O) groups is 1. The second-order valence-electron chi connectivity index (χ2n) is 4.61. The Hall–Kier alpha value is -1.56. The number of nitrogens with two attached hydrogens (primary N) is 1. The van der Waals surface area contributed by atoms with E-state index >= 15 is 0 Å². The van der Waals surface area contributed by atoms with Crippen LogP contribution in [0.1, 0.15) is 36.2 Å². The summed E-state index contributed by atoms with van der Waals surface area (Å²) in [6.45, 7) is 1.45. The maximum atomic E-state index is 11.9. The van der Waals surface area contributed by atoms with Crippen molar-refractivity contribution >= 4 is 11.6 Å². The summed E-state index contributed by atoms with van der Waals surface area (Å²) in [5, 5.41) is 6.80. The van der Waals surface area contributed by atoms with Crippen molar-refractivity contribution in [1.82, 2.24) is 15.1 Å². The first-order valence-electron chi connectivity index (χ1n) is 6.35. The molecule has 1 atom stereocenters. The van der Waals surface area contributed by atoms with Crippen LogP contribution in [0.25, 0.3) is 0 Å². The third kappa shape index (κ3) is 3.01. The number of anilines is 1.